The molecule has 1 unspecified atom stereocenters. The van der Waals surface area contributed by atoms with Crippen LogP contribution in [0, 0.1) is 0 Å². The maximum absolute atomic E-state index is 5.16. The number of fused-ring (bicyclic) bond motifs is 1. The molecule has 2 N–H and O–H groups in total. The lowest BCUT2D eigenvalue weighted by Gasteiger charge is -2.25. The van der Waals surface area contributed by atoms with E-state index in [9.17, 15) is 0 Å². The summed E-state index contributed by atoms with van der Waals surface area (Å²) in [6, 6.07) is 9.08. The largest absolute Gasteiger partial charge is 0.377 e. The molecule has 9 heteroatoms. The molecule has 2 heterocycles. The molecule has 1 aromatic heterocycles. The van der Waals surface area contributed by atoms with Crippen molar-refractivity contribution in [3.63, 3.8) is 0 Å². The lowest BCUT2D eigenvalue weighted by atomic mass is 10.1. The Balaban J connectivity index is 0.00000363. The first-order valence-corrected chi connectivity index (χ1v) is 11.4. The number of nitrogens with zero attached hydrogens (tertiary/aromatic N) is 5. The summed E-state index contributed by atoms with van der Waals surface area (Å²) in [6.07, 6.45) is 1.91. The molecule has 0 aliphatic carbocycles. The number of guanidine groups is 1. The van der Waals surface area contributed by atoms with Crippen LogP contribution >= 0.6 is 24.0 Å². The van der Waals surface area contributed by atoms with Gasteiger partial charge in [-0.15, -0.1) is 24.0 Å². The summed E-state index contributed by atoms with van der Waals surface area (Å²) in [5.74, 6) is 2.64. The van der Waals surface area contributed by atoms with Gasteiger partial charge < -0.3 is 15.4 Å². The van der Waals surface area contributed by atoms with E-state index in [1.165, 1.54) is 11.1 Å². The molecular weight excluding hydrogens is 517 g/mol. The number of hydrogen-bond donors (Lipinski definition) is 2. The summed E-state index contributed by atoms with van der Waals surface area (Å²) < 4.78 is 7.15. The Kier molecular flexibility index (Phi) is 11.4. The Labute approximate surface area is 209 Å². The molecule has 178 valence electrons. The van der Waals surface area contributed by atoms with Crippen LogP contribution in [0.15, 0.2) is 29.3 Å². The maximum atomic E-state index is 5.16. The van der Waals surface area contributed by atoms with Crippen LogP contribution in [-0.4, -0.2) is 58.4 Å². The quantitative estimate of drug-likeness (QED) is 0.267. The van der Waals surface area contributed by atoms with Gasteiger partial charge >= 0.3 is 0 Å². The van der Waals surface area contributed by atoms with E-state index in [1.54, 1.807) is 7.11 Å². The van der Waals surface area contributed by atoms with Gasteiger partial charge in [-0.05, 0) is 37.6 Å². The van der Waals surface area contributed by atoms with E-state index in [1.807, 2.05) is 4.68 Å². The molecule has 8 nitrogen and oxygen atoms in total. The molecule has 0 radical (unpaired) electrons. The van der Waals surface area contributed by atoms with Gasteiger partial charge in [0.2, 0.25) is 0 Å². The van der Waals surface area contributed by atoms with E-state index in [0.29, 0.717) is 13.2 Å². The van der Waals surface area contributed by atoms with E-state index in [2.05, 4.69) is 70.7 Å². The molecule has 2 aromatic rings. The predicted molar refractivity (Wildman–Crippen MR) is 139 cm³/mol. The number of aryl methyl sites for hydroxylation is 1. The van der Waals surface area contributed by atoms with Gasteiger partial charge in [0.1, 0.15) is 12.4 Å². The van der Waals surface area contributed by atoms with Crippen LogP contribution < -0.4 is 10.6 Å². The number of benzene rings is 1. The molecule has 0 saturated carbocycles. The zero-order valence-corrected chi connectivity index (χ0v) is 22.1. The molecule has 0 saturated heterocycles. The van der Waals surface area contributed by atoms with Crippen molar-refractivity contribution in [1.29, 1.82) is 0 Å². The smallest absolute Gasteiger partial charge is 0.191 e. The number of aromatic nitrogens is 3. The highest BCUT2D eigenvalue weighted by atomic mass is 127. The molecule has 0 fully saturated rings. The molecule has 3 rings (SSSR count). The molecule has 1 aliphatic heterocycles. The van der Waals surface area contributed by atoms with E-state index in [-0.39, 0.29) is 30.0 Å². The van der Waals surface area contributed by atoms with Gasteiger partial charge in [0.25, 0.3) is 0 Å². The van der Waals surface area contributed by atoms with Crippen molar-refractivity contribution >= 4 is 29.9 Å². The zero-order valence-electron chi connectivity index (χ0n) is 19.8. The molecule has 32 heavy (non-hydrogen) atoms. The minimum Gasteiger partial charge on any atom is -0.377 e. The van der Waals surface area contributed by atoms with Gasteiger partial charge in [-0.1, -0.05) is 38.1 Å². The number of halogens is 1. The summed E-state index contributed by atoms with van der Waals surface area (Å²) >= 11 is 0. The van der Waals surface area contributed by atoms with Crippen LogP contribution in [0.25, 0.3) is 0 Å². The second-order valence-electron chi connectivity index (χ2n) is 7.91. The first-order valence-electron chi connectivity index (χ1n) is 11.4. The van der Waals surface area contributed by atoms with Gasteiger partial charge in [0.15, 0.2) is 11.8 Å². The Morgan fingerprint density at radius 2 is 1.91 bits per heavy atom. The second kappa shape index (κ2) is 13.7. The number of hydrogen-bond acceptors (Lipinski definition) is 5. The van der Waals surface area contributed by atoms with Crippen LogP contribution in [0.3, 0.4) is 0 Å². The normalized spacial score (nSPS) is 15.9. The SMILES string of the molecule is CCNC(=NCc1ccc(CN(CC)CC)cc1)NC1CCc2nc(COC)nn2C1.I. The van der Waals surface area contributed by atoms with Crippen molar-refractivity contribution in [2.45, 2.75) is 65.9 Å². The molecule has 0 spiro atoms. The minimum absolute atomic E-state index is 0. The minimum atomic E-state index is 0. The van der Waals surface area contributed by atoms with Crippen LogP contribution in [0.1, 0.15) is 50.0 Å². The first kappa shape index (κ1) is 26.5. The van der Waals surface area contributed by atoms with E-state index in [0.717, 1.165) is 63.2 Å². The second-order valence-corrected chi connectivity index (χ2v) is 7.91. The summed E-state index contributed by atoms with van der Waals surface area (Å²) in [4.78, 5) is 11.8. The lowest BCUT2D eigenvalue weighted by molar-refractivity contribution is 0.177. The summed E-state index contributed by atoms with van der Waals surface area (Å²) in [7, 11) is 1.67. The van der Waals surface area contributed by atoms with Gasteiger partial charge in [-0.3, -0.25) is 4.90 Å². The van der Waals surface area contributed by atoms with Crippen molar-refractivity contribution in [2.24, 2.45) is 4.99 Å². The Morgan fingerprint density at radius 3 is 2.56 bits per heavy atom. The summed E-state index contributed by atoms with van der Waals surface area (Å²) in [5.41, 5.74) is 2.56. The summed E-state index contributed by atoms with van der Waals surface area (Å²) in [6.45, 7) is 12.4. The fourth-order valence-corrected chi connectivity index (χ4v) is 3.81. The van der Waals surface area contributed by atoms with Gasteiger partial charge in [-0.25, -0.2) is 14.7 Å². The monoisotopic (exact) mass is 555 g/mol. The molecule has 1 aliphatic rings. The van der Waals surface area contributed by atoms with Gasteiger partial charge in [-0.2, -0.15) is 5.10 Å². The number of methoxy groups -OCH3 is 1. The van der Waals surface area contributed by atoms with Gasteiger partial charge in [0, 0.05) is 32.7 Å². The standard InChI is InChI=1S/C23H37N7O.HI/c1-5-24-23(25-14-18-8-10-19(11-9-18)15-29(6-2)7-3)26-20-12-13-22-27-21(17-31-4)28-30(22)16-20;/h8-11,20H,5-7,12-17H2,1-4H3,(H2,24,25,26);1H. The topological polar surface area (TPSA) is 79.6 Å². The van der Waals surface area contributed by atoms with Crippen LogP contribution in [0.5, 0.6) is 0 Å². The van der Waals surface area contributed by atoms with Crippen molar-refractivity contribution in [1.82, 2.24) is 30.3 Å². The van der Waals surface area contributed by atoms with E-state index in [4.69, 9.17) is 9.73 Å². The molecular formula is C23H38IN7O. The summed E-state index contributed by atoms with van der Waals surface area (Å²) in [5, 5.41) is 11.5. The van der Waals surface area contributed by atoms with Crippen molar-refractivity contribution in [3.05, 3.63) is 47.0 Å². The Bertz CT molecular complexity index is 833. The zero-order chi connectivity index (χ0) is 22.1. The highest BCUT2D eigenvalue weighted by Crippen LogP contribution is 2.14. The number of rotatable bonds is 10. The third-order valence-electron chi connectivity index (χ3n) is 5.60. The van der Waals surface area contributed by atoms with E-state index >= 15 is 0 Å². The van der Waals surface area contributed by atoms with Gasteiger partial charge in [0.05, 0.1) is 13.1 Å². The lowest BCUT2D eigenvalue weighted by Crippen LogP contribution is -2.47. The Morgan fingerprint density at radius 1 is 1.19 bits per heavy atom. The molecule has 0 amide bonds. The number of ether oxygens (including phenoxy) is 1. The number of nitrogens with one attached hydrogen (secondary N) is 2. The first-order chi connectivity index (χ1) is 15.1. The van der Waals surface area contributed by atoms with Crippen LogP contribution in [0.2, 0.25) is 0 Å². The highest BCUT2D eigenvalue weighted by Gasteiger charge is 2.22. The Hall–Kier alpha value is -1.72. The average molecular weight is 556 g/mol. The third kappa shape index (κ3) is 7.70. The predicted octanol–water partition coefficient (Wildman–Crippen LogP) is 2.95. The molecule has 1 atom stereocenters. The van der Waals surface area contributed by atoms with Crippen molar-refractivity contribution < 1.29 is 4.74 Å². The molecule has 0 bridgehead atoms. The van der Waals surface area contributed by atoms with Crippen LogP contribution in [-0.2, 0) is 37.4 Å². The van der Waals surface area contributed by atoms with E-state index < -0.39 is 0 Å². The third-order valence-corrected chi connectivity index (χ3v) is 5.60. The number of aliphatic imine (C=N–C) groups is 1. The molecule has 1 aromatic carbocycles. The van der Waals surface area contributed by atoms with Crippen LogP contribution in [0.4, 0.5) is 0 Å². The fraction of sp³-hybridized carbons (Fsp3) is 0.609. The van der Waals surface area contributed by atoms with Crippen molar-refractivity contribution in [3.8, 4) is 0 Å². The van der Waals surface area contributed by atoms with Crippen molar-refractivity contribution in [2.75, 3.05) is 26.7 Å². The maximum Gasteiger partial charge on any atom is 0.191 e. The highest BCUT2D eigenvalue weighted by molar-refractivity contribution is 14.0. The fourth-order valence-electron chi connectivity index (χ4n) is 3.81. The average Bonchev–Trinajstić information content (AvgIpc) is 3.18.